The van der Waals surface area contributed by atoms with Crippen LogP contribution in [0.1, 0.15) is 12.5 Å². The number of carbonyl (C=O) groups is 2. The molecular formula is C23H23ClFN3O3. The lowest BCUT2D eigenvalue weighted by Crippen LogP contribution is -2.47. The first kappa shape index (κ1) is 21.3. The summed E-state index contributed by atoms with van der Waals surface area (Å²) in [5.41, 5.74) is 1.57. The van der Waals surface area contributed by atoms with E-state index in [9.17, 15) is 14.0 Å². The SMILES string of the molecule is CCN1CCN(C2=C(c3ccc(OC)cc3)C(=O)N(c3ccc(F)c(Cl)c3)C2=O)CC1. The monoisotopic (exact) mass is 443 g/mol. The topological polar surface area (TPSA) is 53.1 Å². The van der Waals surface area contributed by atoms with Crippen molar-refractivity contribution in [3.05, 3.63) is 64.6 Å². The normalized spacial score (nSPS) is 17.7. The van der Waals surface area contributed by atoms with Gasteiger partial charge in [-0.1, -0.05) is 30.7 Å². The van der Waals surface area contributed by atoms with Gasteiger partial charge in [-0.2, -0.15) is 0 Å². The number of piperazine rings is 1. The molecule has 1 saturated heterocycles. The van der Waals surface area contributed by atoms with Gasteiger partial charge < -0.3 is 14.5 Å². The highest BCUT2D eigenvalue weighted by Gasteiger charge is 2.43. The van der Waals surface area contributed by atoms with Crippen molar-refractivity contribution in [2.45, 2.75) is 6.92 Å². The zero-order valence-electron chi connectivity index (χ0n) is 17.4. The standard InChI is InChI=1S/C23H23ClFN3O3/c1-3-26-10-12-27(13-11-26)21-20(15-4-7-17(31-2)8-5-15)22(29)28(23(21)30)16-6-9-19(25)18(24)14-16/h4-9,14H,3,10-13H2,1-2H3. The van der Waals surface area contributed by atoms with Crippen molar-refractivity contribution in [3.63, 3.8) is 0 Å². The summed E-state index contributed by atoms with van der Waals surface area (Å²) in [5, 5.41) is -0.144. The lowest BCUT2D eigenvalue weighted by molar-refractivity contribution is -0.120. The van der Waals surface area contributed by atoms with E-state index >= 15 is 0 Å². The molecule has 0 spiro atoms. The Morgan fingerprint density at radius 2 is 1.68 bits per heavy atom. The number of likely N-dealkylation sites (N-methyl/N-ethyl adjacent to an activating group) is 1. The van der Waals surface area contributed by atoms with Crippen molar-refractivity contribution >= 4 is 34.7 Å². The number of hydrogen-bond acceptors (Lipinski definition) is 5. The minimum absolute atomic E-state index is 0.144. The van der Waals surface area contributed by atoms with Crippen molar-refractivity contribution in [2.75, 3.05) is 44.7 Å². The van der Waals surface area contributed by atoms with E-state index in [2.05, 4.69) is 11.8 Å². The van der Waals surface area contributed by atoms with Gasteiger partial charge in [-0.25, -0.2) is 9.29 Å². The summed E-state index contributed by atoms with van der Waals surface area (Å²) >= 11 is 5.92. The lowest BCUT2D eigenvalue weighted by atomic mass is 10.0. The van der Waals surface area contributed by atoms with E-state index in [0.29, 0.717) is 35.7 Å². The predicted octanol–water partition coefficient (Wildman–Crippen LogP) is 3.41. The Morgan fingerprint density at radius 1 is 1.00 bits per heavy atom. The van der Waals surface area contributed by atoms with E-state index in [1.54, 1.807) is 31.4 Å². The van der Waals surface area contributed by atoms with Gasteiger partial charge in [0.1, 0.15) is 17.3 Å². The molecule has 2 aromatic carbocycles. The molecule has 2 heterocycles. The van der Waals surface area contributed by atoms with Crippen molar-refractivity contribution in [1.82, 2.24) is 9.80 Å². The lowest BCUT2D eigenvalue weighted by Gasteiger charge is -2.36. The van der Waals surface area contributed by atoms with Crippen molar-refractivity contribution in [2.24, 2.45) is 0 Å². The maximum absolute atomic E-state index is 13.7. The summed E-state index contributed by atoms with van der Waals surface area (Å²) in [4.78, 5) is 32.3. The van der Waals surface area contributed by atoms with Gasteiger partial charge in [0.2, 0.25) is 0 Å². The van der Waals surface area contributed by atoms with Crippen molar-refractivity contribution < 1.29 is 18.7 Å². The second-order valence-corrected chi connectivity index (χ2v) is 7.82. The molecule has 2 aromatic rings. The number of halogens is 2. The summed E-state index contributed by atoms with van der Waals surface area (Å²) in [6.07, 6.45) is 0. The Balaban J connectivity index is 1.77. The average molecular weight is 444 g/mol. The van der Waals surface area contributed by atoms with Gasteiger partial charge in [-0.15, -0.1) is 0 Å². The average Bonchev–Trinajstić information content (AvgIpc) is 3.05. The number of hydrogen-bond donors (Lipinski definition) is 0. The summed E-state index contributed by atoms with van der Waals surface area (Å²) < 4.78 is 18.9. The van der Waals surface area contributed by atoms with Crippen LogP contribution in [0.2, 0.25) is 5.02 Å². The van der Waals surface area contributed by atoms with Gasteiger partial charge in [0.15, 0.2) is 0 Å². The first-order valence-corrected chi connectivity index (χ1v) is 10.5. The van der Waals surface area contributed by atoms with E-state index < -0.39 is 17.6 Å². The van der Waals surface area contributed by atoms with Crippen molar-refractivity contribution in [3.8, 4) is 5.75 Å². The quantitative estimate of drug-likeness (QED) is 0.663. The van der Waals surface area contributed by atoms with Crippen LogP contribution in [0.4, 0.5) is 10.1 Å². The molecule has 8 heteroatoms. The van der Waals surface area contributed by atoms with Gasteiger partial charge in [-0.05, 0) is 42.4 Å². The Labute approximate surface area is 185 Å². The number of benzene rings is 2. The molecule has 2 aliphatic heterocycles. The summed E-state index contributed by atoms with van der Waals surface area (Å²) in [5.74, 6) is -0.834. The molecule has 0 unspecified atom stereocenters. The third kappa shape index (κ3) is 3.91. The number of carbonyl (C=O) groups excluding carboxylic acids is 2. The number of nitrogens with zero attached hydrogens (tertiary/aromatic N) is 3. The molecule has 2 amide bonds. The smallest absolute Gasteiger partial charge is 0.282 e. The van der Waals surface area contributed by atoms with Gasteiger partial charge in [0.25, 0.3) is 11.8 Å². The molecule has 31 heavy (non-hydrogen) atoms. The van der Waals surface area contributed by atoms with E-state index in [1.165, 1.54) is 12.1 Å². The number of amides is 2. The predicted molar refractivity (Wildman–Crippen MR) is 118 cm³/mol. The Hall–Kier alpha value is -2.90. The molecule has 4 rings (SSSR count). The fourth-order valence-electron chi connectivity index (χ4n) is 3.98. The maximum atomic E-state index is 13.7. The maximum Gasteiger partial charge on any atom is 0.282 e. The molecule has 0 aromatic heterocycles. The number of ether oxygens (including phenoxy) is 1. The molecule has 0 aliphatic carbocycles. The minimum atomic E-state index is -0.608. The van der Waals surface area contributed by atoms with Crippen LogP contribution in [0.25, 0.3) is 5.57 Å². The molecule has 2 aliphatic rings. The van der Waals surface area contributed by atoms with E-state index in [0.717, 1.165) is 30.6 Å². The van der Waals surface area contributed by atoms with Crippen LogP contribution in [-0.2, 0) is 9.59 Å². The molecule has 1 fully saturated rings. The van der Waals surface area contributed by atoms with Crippen LogP contribution >= 0.6 is 11.6 Å². The van der Waals surface area contributed by atoms with Crippen LogP contribution in [-0.4, -0.2) is 61.4 Å². The molecule has 0 N–H and O–H groups in total. The molecule has 0 radical (unpaired) electrons. The number of anilines is 1. The molecule has 0 saturated carbocycles. The Morgan fingerprint density at radius 3 is 2.26 bits per heavy atom. The first-order chi connectivity index (χ1) is 14.9. The van der Waals surface area contributed by atoms with Gasteiger partial charge in [-0.3, -0.25) is 9.59 Å². The molecule has 0 atom stereocenters. The van der Waals surface area contributed by atoms with Crippen molar-refractivity contribution in [1.29, 1.82) is 0 Å². The van der Waals surface area contributed by atoms with Crippen LogP contribution in [0.15, 0.2) is 48.2 Å². The largest absolute Gasteiger partial charge is 0.497 e. The van der Waals surface area contributed by atoms with Gasteiger partial charge in [0, 0.05) is 26.2 Å². The second kappa shape index (κ2) is 8.69. The molecule has 0 bridgehead atoms. The minimum Gasteiger partial charge on any atom is -0.497 e. The van der Waals surface area contributed by atoms with E-state index in [1.807, 2.05) is 4.90 Å². The summed E-state index contributed by atoms with van der Waals surface area (Å²) in [7, 11) is 1.57. The fraction of sp³-hybridized carbons (Fsp3) is 0.304. The summed E-state index contributed by atoms with van der Waals surface area (Å²) in [6, 6.07) is 10.9. The van der Waals surface area contributed by atoms with Crippen LogP contribution in [0.3, 0.4) is 0 Å². The van der Waals surface area contributed by atoms with Gasteiger partial charge >= 0.3 is 0 Å². The number of methoxy groups -OCH3 is 1. The Kier molecular flexibility index (Phi) is 5.98. The van der Waals surface area contributed by atoms with E-state index in [4.69, 9.17) is 16.3 Å². The third-order valence-electron chi connectivity index (χ3n) is 5.74. The highest BCUT2D eigenvalue weighted by atomic mass is 35.5. The summed E-state index contributed by atoms with van der Waals surface area (Å²) in [6.45, 7) is 5.92. The highest BCUT2D eigenvalue weighted by molar-refractivity contribution is 6.45. The highest BCUT2D eigenvalue weighted by Crippen LogP contribution is 2.36. The molecular weight excluding hydrogens is 421 g/mol. The van der Waals surface area contributed by atoms with E-state index in [-0.39, 0.29) is 10.7 Å². The van der Waals surface area contributed by atoms with Crippen LogP contribution in [0.5, 0.6) is 5.75 Å². The second-order valence-electron chi connectivity index (χ2n) is 7.42. The number of imide groups is 1. The van der Waals surface area contributed by atoms with Crippen LogP contribution < -0.4 is 9.64 Å². The van der Waals surface area contributed by atoms with Crippen LogP contribution in [0, 0.1) is 5.82 Å². The zero-order chi connectivity index (χ0) is 22.1. The molecule has 6 nitrogen and oxygen atoms in total. The number of rotatable bonds is 5. The fourth-order valence-corrected chi connectivity index (χ4v) is 4.15. The first-order valence-electron chi connectivity index (χ1n) is 10.1. The third-order valence-corrected chi connectivity index (χ3v) is 6.02. The molecule has 162 valence electrons. The Bertz CT molecular complexity index is 1050. The zero-order valence-corrected chi connectivity index (χ0v) is 18.2. The van der Waals surface area contributed by atoms with Gasteiger partial charge in [0.05, 0.1) is 23.4 Å².